The minimum atomic E-state index is -0.581. The molecular formula is C34H30IN3O5. The molecule has 9 heteroatoms. The van der Waals surface area contributed by atoms with Crippen LogP contribution in [0.1, 0.15) is 40.2 Å². The molecule has 0 N–H and O–H groups in total. The number of nitrogens with zero attached hydrogens (tertiary/aromatic N) is 3. The number of carbonyl (C=O) groups excluding carboxylic acids is 2. The van der Waals surface area contributed by atoms with Gasteiger partial charge >= 0.3 is 11.9 Å². The first-order chi connectivity index (χ1) is 20.6. The van der Waals surface area contributed by atoms with Crippen molar-refractivity contribution < 1.29 is 52.3 Å². The SMILES string of the molecule is COC(=O)c1ccc2ccc3c(OCCCCC[n+]4cc5ccccc5c5ccccc54)cc(C(=O)OC)nc3c2n1.[I-]. The van der Waals surface area contributed by atoms with Gasteiger partial charge in [0.05, 0.1) is 31.7 Å². The van der Waals surface area contributed by atoms with Crippen LogP contribution in [0.2, 0.25) is 0 Å². The summed E-state index contributed by atoms with van der Waals surface area (Å²) in [6.07, 6.45) is 5.02. The van der Waals surface area contributed by atoms with E-state index >= 15 is 0 Å². The molecule has 43 heavy (non-hydrogen) atoms. The molecule has 6 aromatic rings. The Bertz CT molecular complexity index is 1980. The summed E-state index contributed by atoms with van der Waals surface area (Å²) < 4.78 is 18.3. The highest BCUT2D eigenvalue weighted by Gasteiger charge is 2.18. The fourth-order valence-corrected chi connectivity index (χ4v) is 5.36. The van der Waals surface area contributed by atoms with Gasteiger partial charge in [-0.15, -0.1) is 0 Å². The molecule has 0 amide bonds. The average molecular weight is 688 g/mol. The molecule has 0 aliphatic rings. The summed E-state index contributed by atoms with van der Waals surface area (Å²) in [5.74, 6) is -0.616. The van der Waals surface area contributed by atoms with Crippen molar-refractivity contribution in [3.8, 4) is 5.75 Å². The fourth-order valence-electron chi connectivity index (χ4n) is 5.36. The average Bonchev–Trinajstić information content (AvgIpc) is 3.04. The Kier molecular flexibility index (Phi) is 9.30. The molecule has 0 bridgehead atoms. The molecule has 0 unspecified atom stereocenters. The van der Waals surface area contributed by atoms with Crippen LogP contribution in [0.4, 0.5) is 0 Å². The van der Waals surface area contributed by atoms with Gasteiger partial charge in [0, 0.05) is 40.1 Å². The zero-order valence-electron chi connectivity index (χ0n) is 23.9. The summed E-state index contributed by atoms with van der Waals surface area (Å²) in [5.41, 5.74) is 2.42. The second kappa shape index (κ2) is 13.3. The van der Waals surface area contributed by atoms with Gasteiger partial charge < -0.3 is 38.2 Å². The molecule has 0 aliphatic heterocycles. The molecule has 0 atom stereocenters. The zero-order chi connectivity index (χ0) is 29.1. The number of aromatic nitrogens is 3. The number of fused-ring (bicyclic) bond motifs is 6. The van der Waals surface area contributed by atoms with Crippen molar-refractivity contribution in [3.05, 3.63) is 96.4 Å². The lowest BCUT2D eigenvalue weighted by atomic mass is 10.1. The van der Waals surface area contributed by atoms with E-state index in [2.05, 4.69) is 69.3 Å². The molecular weight excluding hydrogens is 657 g/mol. The van der Waals surface area contributed by atoms with Crippen molar-refractivity contribution in [2.24, 2.45) is 0 Å². The number of methoxy groups -OCH3 is 2. The number of rotatable bonds is 9. The predicted octanol–water partition coefficient (Wildman–Crippen LogP) is 3.20. The van der Waals surface area contributed by atoms with Crippen LogP contribution < -0.4 is 33.3 Å². The molecule has 218 valence electrons. The van der Waals surface area contributed by atoms with Crippen LogP contribution in [0.5, 0.6) is 5.75 Å². The molecule has 0 saturated heterocycles. The summed E-state index contributed by atoms with van der Waals surface area (Å²) in [4.78, 5) is 33.6. The molecule has 0 aliphatic carbocycles. The van der Waals surface area contributed by atoms with Crippen LogP contribution in [-0.2, 0) is 16.0 Å². The summed E-state index contributed by atoms with van der Waals surface area (Å²) in [7, 11) is 2.61. The summed E-state index contributed by atoms with van der Waals surface area (Å²) in [5, 5.41) is 5.21. The Morgan fingerprint density at radius 3 is 2.21 bits per heavy atom. The first-order valence-corrected chi connectivity index (χ1v) is 13.9. The Hall–Kier alpha value is -4.38. The lowest BCUT2D eigenvalue weighted by Crippen LogP contribution is -3.00. The van der Waals surface area contributed by atoms with Crippen LogP contribution in [0.3, 0.4) is 0 Å². The summed E-state index contributed by atoms with van der Waals surface area (Å²) >= 11 is 0. The van der Waals surface area contributed by atoms with Crippen LogP contribution in [0, 0.1) is 0 Å². The molecule has 3 aromatic carbocycles. The van der Waals surface area contributed by atoms with E-state index < -0.39 is 11.9 Å². The van der Waals surface area contributed by atoms with E-state index in [0.29, 0.717) is 28.8 Å². The van der Waals surface area contributed by atoms with E-state index in [4.69, 9.17) is 14.2 Å². The van der Waals surface area contributed by atoms with Gasteiger partial charge in [0.15, 0.2) is 11.9 Å². The third kappa shape index (κ3) is 6.08. The monoisotopic (exact) mass is 687 g/mol. The molecule has 0 spiro atoms. The number of unbranched alkanes of at least 4 members (excludes halogenated alkanes) is 2. The summed E-state index contributed by atoms with van der Waals surface area (Å²) in [6, 6.07) is 25.8. The molecule has 0 saturated carbocycles. The quantitative estimate of drug-likeness (QED) is 0.0759. The van der Waals surface area contributed by atoms with Crippen molar-refractivity contribution in [2.45, 2.75) is 25.8 Å². The van der Waals surface area contributed by atoms with Crippen LogP contribution in [-0.4, -0.2) is 42.7 Å². The smallest absolute Gasteiger partial charge is 0.356 e. The van der Waals surface area contributed by atoms with Gasteiger partial charge in [-0.05, 0) is 37.1 Å². The van der Waals surface area contributed by atoms with Crippen molar-refractivity contribution in [1.82, 2.24) is 9.97 Å². The molecule has 8 nitrogen and oxygen atoms in total. The van der Waals surface area contributed by atoms with Gasteiger partial charge in [-0.1, -0.05) is 42.5 Å². The zero-order valence-corrected chi connectivity index (χ0v) is 26.0. The number of halogens is 1. The number of hydrogen-bond donors (Lipinski definition) is 0. The highest BCUT2D eigenvalue weighted by molar-refractivity contribution is 6.08. The number of benzene rings is 3. The van der Waals surface area contributed by atoms with E-state index in [1.54, 1.807) is 18.2 Å². The Balaban J connectivity index is 0.00000368. The number of esters is 2. The number of pyridine rings is 3. The standard InChI is InChI=1S/C34H30N3O5.HI/c1-40-33(38)27-17-15-22-14-16-26-30(20-28(34(39)41-2)36-32(26)31(22)35-27)42-19-9-3-8-18-37-21-23-10-4-5-11-24(23)25-12-6-7-13-29(25)37;/h4-7,10-17,20-21H,3,8-9,18-19H2,1-2H3;1H/q+1;/p-1. The number of hydrogen-bond acceptors (Lipinski definition) is 7. The highest BCUT2D eigenvalue weighted by atomic mass is 127. The minimum absolute atomic E-state index is 0. The van der Waals surface area contributed by atoms with E-state index in [9.17, 15) is 9.59 Å². The van der Waals surface area contributed by atoms with Gasteiger partial charge in [0.1, 0.15) is 23.5 Å². The van der Waals surface area contributed by atoms with Gasteiger partial charge in [0.25, 0.3) is 0 Å². The lowest BCUT2D eigenvalue weighted by Gasteiger charge is -2.12. The molecule has 3 aromatic heterocycles. The van der Waals surface area contributed by atoms with Crippen molar-refractivity contribution in [1.29, 1.82) is 0 Å². The van der Waals surface area contributed by atoms with Gasteiger partial charge in [-0.2, -0.15) is 4.57 Å². The number of ether oxygens (including phenoxy) is 3. The minimum Gasteiger partial charge on any atom is -1.00 e. The largest absolute Gasteiger partial charge is 1.00 e. The van der Waals surface area contributed by atoms with Crippen LogP contribution in [0.15, 0.2) is 85.1 Å². The first-order valence-electron chi connectivity index (χ1n) is 13.9. The number of carbonyl (C=O) groups is 2. The maximum absolute atomic E-state index is 12.5. The number of para-hydroxylation sites is 1. The lowest BCUT2D eigenvalue weighted by molar-refractivity contribution is -0.670. The second-order valence-corrected chi connectivity index (χ2v) is 10.1. The Morgan fingerprint density at radius 1 is 0.698 bits per heavy atom. The van der Waals surface area contributed by atoms with E-state index in [1.807, 2.05) is 12.1 Å². The van der Waals surface area contributed by atoms with Gasteiger partial charge in [-0.25, -0.2) is 19.6 Å². The molecule has 0 fully saturated rings. The second-order valence-electron chi connectivity index (χ2n) is 10.1. The summed E-state index contributed by atoms with van der Waals surface area (Å²) in [6.45, 7) is 1.37. The highest BCUT2D eigenvalue weighted by Crippen LogP contribution is 2.31. The molecule has 6 rings (SSSR count). The Labute approximate surface area is 265 Å². The van der Waals surface area contributed by atoms with Crippen LogP contribution in [0.25, 0.3) is 43.5 Å². The Morgan fingerprint density at radius 2 is 1.40 bits per heavy atom. The molecule has 0 radical (unpaired) electrons. The third-order valence-electron chi connectivity index (χ3n) is 7.45. The van der Waals surface area contributed by atoms with E-state index in [-0.39, 0.29) is 35.4 Å². The van der Waals surface area contributed by atoms with Crippen LogP contribution >= 0.6 is 0 Å². The van der Waals surface area contributed by atoms with Gasteiger partial charge in [-0.3, -0.25) is 0 Å². The molecule has 3 heterocycles. The van der Waals surface area contributed by atoms with Crippen molar-refractivity contribution in [2.75, 3.05) is 20.8 Å². The maximum atomic E-state index is 12.5. The van der Waals surface area contributed by atoms with Crippen molar-refractivity contribution >= 4 is 55.4 Å². The first kappa shape index (κ1) is 30.1. The van der Waals surface area contributed by atoms with Gasteiger partial charge in [0.2, 0.25) is 5.52 Å². The van der Waals surface area contributed by atoms with E-state index in [0.717, 1.165) is 31.2 Å². The van der Waals surface area contributed by atoms with Crippen molar-refractivity contribution in [3.63, 3.8) is 0 Å². The van der Waals surface area contributed by atoms with E-state index in [1.165, 1.54) is 35.9 Å². The third-order valence-corrected chi connectivity index (χ3v) is 7.45. The predicted molar refractivity (Wildman–Crippen MR) is 161 cm³/mol. The topological polar surface area (TPSA) is 91.5 Å². The number of aryl methyl sites for hydroxylation is 1. The maximum Gasteiger partial charge on any atom is 0.356 e. The normalized spacial score (nSPS) is 11.0. The fraction of sp³-hybridized carbons (Fsp3) is 0.206.